The number of hydrogen-bond acceptors (Lipinski definition) is 3. The number of aliphatic hydroxyl groups excluding tert-OH is 1. The van der Waals surface area contributed by atoms with Crippen LogP contribution < -0.4 is 0 Å². The predicted octanol–water partition coefficient (Wildman–Crippen LogP) is 2.52. The monoisotopic (exact) mass is 250 g/mol. The van der Waals surface area contributed by atoms with E-state index in [4.69, 9.17) is 15.3 Å². The van der Waals surface area contributed by atoms with Gasteiger partial charge in [0.25, 0.3) is 0 Å². The van der Waals surface area contributed by atoms with Crippen LogP contribution in [0.25, 0.3) is 0 Å². The summed E-state index contributed by atoms with van der Waals surface area (Å²) in [6.45, 7) is 6.08. The SMILES string of the molecule is CCCC(=O)O.CCCC(=O)O.CCCCO. The van der Waals surface area contributed by atoms with E-state index in [-0.39, 0.29) is 0 Å². The molecule has 0 spiro atoms. The maximum absolute atomic E-state index is 9.60. The second-order valence-corrected chi connectivity index (χ2v) is 3.36. The number of aliphatic hydroxyl groups is 1. The normalized spacial score (nSPS) is 8.24. The molecule has 0 unspecified atom stereocenters. The molecule has 0 bridgehead atoms. The molecule has 0 aromatic carbocycles. The zero-order valence-electron chi connectivity index (χ0n) is 11.1. The molecule has 0 aliphatic heterocycles. The number of rotatable bonds is 6. The number of aliphatic carboxylic acids is 2. The van der Waals surface area contributed by atoms with Crippen LogP contribution in [0.3, 0.4) is 0 Å². The lowest BCUT2D eigenvalue weighted by atomic mass is 10.4. The van der Waals surface area contributed by atoms with Gasteiger partial charge in [-0.15, -0.1) is 0 Å². The Kier molecular flexibility index (Phi) is 25.4. The van der Waals surface area contributed by atoms with E-state index in [0.29, 0.717) is 19.4 Å². The minimum absolute atomic E-state index is 0.292. The van der Waals surface area contributed by atoms with E-state index >= 15 is 0 Å². The predicted molar refractivity (Wildman–Crippen MR) is 67.1 cm³/mol. The first-order chi connectivity index (χ1) is 7.95. The third-order valence-electron chi connectivity index (χ3n) is 1.44. The van der Waals surface area contributed by atoms with Crippen molar-refractivity contribution < 1.29 is 24.9 Å². The molecule has 3 N–H and O–H groups in total. The molecule has 104 valence electrons. The minimum Gasteiger partial charge on any atom is -0.481 e. The Morgan fingerprint density at radius 2 is 1.18 bits per heavy atom. The van der Waals surface area contributed by atoms with E-state index in [1.807, 2.05) is 13.8 Å². The summed E-state index contributed by atoms with van der Waals surface area (Å²) in [4.78, 5) is 19.2. The Morgan fingerprint density at radius 3 is 1.18 bits per heavy atom. The summed E-state index contributed by atoms with van der Waals surface area (Å²) >= 11 is 0. The van der Waals surface area contributed by atoms with E-state index in [9.17, 15) is 9.59 Å². The third-order valence-corrected chi connectivity index (χ3v) is 1.44. The van der Waals surface area contributed by atoms with Gasteiger partial charge in [-0.25, -0.2) is 0 Å². The van der Waals surface area contributed by atoms with Gasteiger partial charge in [-0.2, -0.15) is 0 Å². The molecular formula is C12H26O5. The fraction of sp³-hybridized carbons (Fsp3) is 0.833. The second kappa shape index (κ2) is 20.3. The van der Waals surface area contributed by atoms with Gasteiger partial charge in [0, 0.05) is 19.4 Å². The van der Waals surface area contributed by atoms with Gasteiger partial charge in [0.2, 0.25) is 0 Å². The second-order valence-electron chi connectivity index (χ2n) is 3.36. The van der Waals surface area contributed by atoms with E-state index in [2.05, 4.69) is 6.92 Å². The Bertz CT molecular complexity index is 150. The zero-order chi connectivity index (χ0) is 14.1. The first-order valence-corrected chi connectivity index (χ1v) is 6.00. The highest BCUT2D eigenvalue weighted by Crippen LogP contribution is 1.82. The van der Waals surface area contributed by atoms with E-state index < -0.39 is 11.9 Å². The van der Waals surface area contributed by atoms with Gasteiger partial charge in [0.15, 0.2) is 0 Å². The molecule has 5 heteroatoms. The zero-order valence-corrected chi connectivity index (χ0v) is 11.1. The van der Waals surface area contributed by atoms with Crippen LogP contribution in [0.15, 0.2) is 0 Å². The van der Waals surface area contributed by atoms with Crippen molar-refractivity contribution in [3.8, 4) is 0 Å². The van der Waals surface area contributed by atoms with Gasteiger partial charge in [0.05, 0.1) is 0 Å². The van der Waals surface area contributed by atoms with Crippen molar-refractivity contribution in [2.45, 2.75) is 59.3 Å². The number of carboxylic acids is 2. The molecule has 0 fully saturated rings. The van der Waals surface area contributed by atoms with Crippen molar-refractivity contribution in [3.63, 3.8) is 0 Å². The quantitative estimate of drug-likeness (QED) is 0.673. The summed E-state index contributed by atoms with van der Waals surface area (Å²) in [7, 11) is 0. The lowest BCUT2D eigenvalue weighted by Crippen LogP contribution is -1.90. The van der Waals surface area contributed by atoms with E-state index in [1.54, 1.807) is 0 Å². The Labute approximate surface area is 103 Å². The van der Waals surface area contributed by atoms with Crippen molar-refractivity contribution in [1.29, 1.82) is 0 Å². The van der Waals surface area contributed by atoms with Gasteiger partial charge in [-0.05, 0) is 19.3 Å². The van der Waals surface area contributed by atoms with Gasteiger partial charge in [-0.1, -0.05) is 27.2 Å². The van der Waals surface area contributed by atoms with Gasteiger partial charge in [0.1, 0.15) is 0 Å². The molecule has 0 atom stereocenters. The molecule has 0 amide bonds. The lowest BCUT2D eigenvalue weighted by molar-refractivity contribution is -0.138. The molecule has 0 radical (unpaired) electrons. The average molecular weight is 250 g/mol. The Balaban J connectivity index is -0.000000174. The molecule has 0 rings (SSSR count). The highest BCUT2D eigenvalue weighted by molar-refractivity contribution is 5.66. The minimum atomic E-state index is -0.711. The highest BCUT2D eigenvalue weighted by Gasteiger charge is 1.88. The molecule has 0 aliphatic rings. The third kappa shape index (κ3) is 52.1. The summed E-state index contributed by atoms with van der Waals surface area (Å²) in [6.07, 6.45) is 4.08. The standard InChI is InChI=1S/2C4H8O2.C4H10O/c2*1-2-3-4(5)6;1-2-3-4-5/h2*2-3H2,1H3,(H,5,6);5H,2-4H2,1H3. The first-order valence-electron chi connectivity index (χ1n) is 6.00. The molecule has 0 aromatic rings. The highest BCUT2D eigenvalue weighted by atomic mass is 16.4. The summed E-state index contributed by atoms with van der Waals surface area (Å²) in [5.74, 6) is -1.42. The Hall–Kier alpha value is -1.10. The number of hydrogen-bond donors (Lipinski definition) is 3. The van der Waals surface area contributed by atoms with Crippen LogP contribution in [0.2, 0.25) is 0 Å². The molecule has 5 nitrogen and oxygen atoms in total. The fourth-order valence-corrected chi connectivity index (χ4v) is 0.586. The van der Waals surface area contributed by atoms with Crippen molar-refractivity contribution in [1.82, 2.24) is 0 Å². The summed E-state index contributed by atoms with van der Waals surface area (Å²) in [6, 6.07) is 0. The van der Waals surface area contributed by atoms with Crippen LogP contribution >= 0.6 is 0 Å². The lowest BCUT2D eigenvalue weighted by Gasteiger charge is -1.79. The number of carboxylic acid groups (broad SMARTS) is 2. The molecule has 0 saturated carbocycles. The van der Waals surface area contributed by atoms with E-state index in [0.717, 1.165) is 25.7 Å². The number of carbonyl (C=O) groups is 2. The molecule has 0 aliphatic carbocycles. The summed E-state index contributed by atoms with van der Waals surface area (Å²) in [5.41, 5.74) is 0. The molecule has 0 aromatic heterocycles. The van der Waals surface area contributed by atoms with Crippen LogP contribution in [0.1, 0.15) is 59.3 Å². The van der Waals surface area contributed by atoms with Crippen molar-refractivity contribution in [2.75, 3.05) is 6.61 Å². The van der Waals surface area contributed by atoms with Crippen molar-refractivity contribution in [2.24, 2.45) is 0 Å². The van der Waals surface area contributed by atoms with Gasteiger partial charge < -0.3 is 15.3 Å². The summed E-state index contributed by atoms with van der Waals surface area (Å²) in [5, 5.41) is 23.9. The van der Waals surface area contributed by atoms with E-state index in [1.165, 1.54) is 0 Å². The molecule has 0 saturated heterocycles. The molecule has 17 heavy (non-hydrogen) atoms. The summed E-state index contributed by atoms with van der Waals surface area (Å²) < 4.78 is 0. The molecule has 0 heterocycles. The van der Waals surface area contributed by atoms with Gasteiger partial charge >= 0.3 is 11.9 Å². The van der Waals surface area contributed by atoms with Crippen LogP contribution in [-0.4, -0.2) is 33.9 Å². The smallest absolute Gasteiger partial charge is 0.303 e. The van der Waals surface area contributed by atoms with Crippen LogP contribution in [0.4, 0.5) is 0 Å². The fourth-order valence-electron chi connectivity index (χ4n) is 0.586. The van der Waals surface area contributed by atoms with Crippen molar-refractivity contribution >= 4 is 11.9 Å². The maximum Gasteiger partial charge on any atom is 0.303 e. The van der Waals surface area contributed by atoms with Crippen LogP contribution in [0.5, 0.6) is 0 Å². The van der Waals surface area contributed by atoms with Crippen LogP contribution in [0, 0.1) is 0 Å². The van der Waals surface area contributed by atoms with Gasteiger partial charge in [-0.3, -0.25) is 9.59 Å². The van der Waals surface area contributed by atoms with Crippen LogP contribution in [-0.2, 0) is 9.59 Å². The van der Waals surface area contributed by atoms with Crippen molar-refractivity contribution in [3.05, 3.63) is 0 Å². The average Bonchev–Trinajstić information content (AvgIpc) is 2.20. The number of unbranched alkanes of at least 4 members (excludes halogenated alkanes) is 1. The maximum atomic E-state index is 9.60. The Morgan fingerprint density at radius 1 is 0.824 bits per heavy atom. The first kappa shape index (κ1) is 21.2. The largest absolute Gasteiger partial charge is 0.481 e. The topological polar surface area (TPSA) is 94.8 Å². The molecular weight excluding hydrogens is 224 g/mol.